The van der Waals surface area contributed by atoms with Crippen molar-refractivity contribution in [3.8, 4) is 17.6 Å². The molecular weight excluding hydrogens is 339 g/mol. The van der Waals surface area contributed by atoms with Crippen LogP contribution in [0.15, 0.2) is 45.3 Å². The number of nitrogen functional groups attached to an aromatic ring is 1. The lowest BCUT2D eigenvalue weighted by Crippen LogP contribution is -1.94. The van der Waals surface area contributed by atoms with E-state index >= 15 is 0 Å². The fraction of sp³-hybridized carbons (Fsp3) is 0. The summed E-state index contributed by atoms with van der Waals surface area (Å²) in [5, 5.41) is 9.79. The summed E-state index contributed by atoms with van der Waals surface area (Å²) in [5.74, 6) is 0.0538. The number of fused-ring (bicyclic) bond motifs is 1. The van der Waals surface area contributed by atoms with Gasteiger partial charge in [-0.1, -0.05) is 12.1 Å². The number of para-hydroxylation sites is 1. The van der Waals surface area contributed by atoms with Gasteiger partial charge in [-0.15, -0.1) is 0 Å². The standard InChI is InChI=1S/C15H8BrFN2O2/c16-9-5-13(11(19)6-10(9)17)21-15-8-3-1-2-4-12(8)20-14(15)7-18/h1-6H,19H2. The van der Waals surface area contributed by atoms with Gasteiger partial charge < -0.3 is 14.9 Å². The quantitative estimate of drug-likeness (QED) is 0.689. The largest absolute Gasteiger partial charge is 0.450 e. The zero-order valence-electron chi connectivity index (χ0n) is 10.6. The van der Waals surface area contributed by atoms with Gasteiger partial charge in [-0.05, 0) is 28.1 Å². The molecule has 0 amide bonds. The highest BCUT2D eigenvalue weighted by atomic mass is 79.9. The minimum absolute atomic E-state index is 0.0380. The number of hydrogen-bond acceptors (Lipinski definition) is 4. The minimum Gasteiger partial charge on any atom is -0.450 e. The summed E-state index contributed by atoms with van der Waals surface area (Å²) in [5.41, 5.74) is 6.40. The first-order valence-electron chi connectivity index (χ1n) is 5.94. The lowest BCUT2D eigenvalue weighted by Gasteiger charge is -2.08. The molecule has 6 heteroatoms. The van der Waals surface area contributed by atoms with Gasteiger partial charge in [-0.2, -0.15) is 5.26 Å². The molecule has 0 saturated heterocycles. The number of rotatable bonds is 2. The number of anilines is 1. The molecule has 0 saturated carbocycles. The Morgan fingerprint density at radius 3 is 2.81 bits per heavy atom. The smallest absolute Gasteiger partial charge is 0.247 e. The average Bonchev–Trinajstić information content (AvgIpc) is 2.83. The third-order valence-corrected chi connectivity index (χ3v) is 3.52. The van der Waals surface area contributed by atoms with Gasteiger partial charge in [0, 0.05) is 12.1 Å². The lowest BCUT2D eigenvalue weighted by molar-refractivity contribution is 0.467. The van der Waals surface area contributed by atoms with Crippen LogP contribution in [-0.4, -0.2) is 0 Å². The maximum atomic E-state index is 13.4. The van der Waals surface area contributed by atoms with Gasteiger partial charge in [0.25, 0.3) is 0 Å². The third-order valence-electron chi connectivity index (χ3n) is 2.92. The van der Waals surface area contributed by atoms with Crippen molar-refractivity contribution in [1.29, 1.82) is 5.26 Å². The van der Waals surface area contributed by atoms with E-state index in [1.54, 1.807) is 24.3 Å². The van der Waals surface area contributed by atoms with Crippen LogP contribution in [0.1, 0.15) is 5.76 Å². The number of nitriles is 1. The molecule has 21 heavy (non-hydrogen) atoms. The molecule has 2 aromatic carbocycles. The van der Waals surface area contributed by atoms with Gasteiger partial charge in [0.15, 0.2) is 11.5 Å². The SMILES string of the molecule is N#Cc1oc2ccccc2c1Oc1cc(Br)c(F)cc1N. The van der Waals surface area contributed by atoms with Crippen LogP contribution in [0, 0.1) is 17.1 Å². The summed E-state index contributed by atoms with van der Waals surface area (Å²) in [6, 6.07) is 11.6. The Balaban J connectivity index is 2.14. The van der Waals surface area contributed by atoms with Gasteiger partial charge in [0.05, 0.1) is 15.5 Å². The van der Waals surface area contributed by atoms with E-state index in [1.165, 1.54) is 6.07 Å². The van der Waals surface area contributed by atoms with Crippen LogP contribution in [0.25, 0.3) is 11.0 Å². The molecule has 0 radical (unpaired) electrons. The summed E-state index contributed by atoms with van der Waals surface area (Å²) in [7, 11) is 0. The van der Waals surface area contributed by atoms with Gasteiger partial charge in [-0.25, -0.2) is 4.39 Å². The van der Waals surface area contributed by atoms with Crippen LogP contribution < -0.4 is 10.5 Å². The number of hydrogen-bond donors (Lipinski definition) is 1. The Kier molecular flexibility index (Phi) is 3.28. The van der Waals surface area contributed by atoms with E-state index in [4.69, 9.17) is 20.1 Å². The Hall–Kier alpha value is -2.52. The molecular formula is C15H8BrFN2O2. The predicted molar refractivity (Wildman–Crippen MR) is 79.5 cm³/mol. The van der Waals surface area contributed by atoms with Crippen LogP contribution in [0.3, 0.4) is 0 Å². The van der Waals surface area contributed by atoms with E-state index < -0.39 is 5.82 Å². The molecule has 1 heterocycles. The summed E-state index contributed by atoms with van der Waals surface area (Å²) in [6.07, 6.45) is 0. The molecule has 0 aliphatic rings. The maximum absolute atomic E-state index is 13.4. The molecule has 0 spiro atoms. The van der Waals surface area contributed by atoms with Gasteiger partial charge in [0.1, 0.15) is 17.5 Å². The molecule has 0 atom stereocenters. The Morgan fingerprint density at radius 2 is 2.05 bits per heavy atom. The minimum atomic E-state index is -0.489. The second kappa shape index (κ2) is 5.11. The van der Waals surface area contributed by atoms with Crippen molar-refractivity contribution in [3.05, 3.63) is 52.4 Å². The van der Waals surface area contributed by atoms with Crippen LogP contribution in [0.4, 0.5) is 10.1 Å². The monoisotopic (exact) mass is 346 g/mol. The van der Waals surface area contributed by atoms with Crippen molar-refractivity contribution in [1.82, 2.24) is 0 Å². The van der Waals surface area contributed by atoms with Gasteiger partial charge in [-0.3, -0.25) is 0 Å². The van der Waals surface area contributed by atoms with Crippen molar-refractivity contribution < 1.29 is 13.5 Å². The number of furan rings is 1. The third kappa shape index (κ3) is 2.32. The van der Waals surface area contributed by atoms with Crippen molar-refractivity contribution in [2.45, 2.75) is 0 Å². The van der Waals surface area contributed by atoms with E-state index in [9.17, 15) is 4.39 Å². The molecule has 2 N–H and O–H groups in total. The highest BCUT2D eigenvalue weighted by molar-refractivity contribution is 9.10. The Labute approximate surface area is 127 Å². The van der Waals surface area contributed by atoms with Crippen molar-refractivity contribution >= 4 is 32.6 Å². The number of nitrogens with two attached hydrogens (primary N) is 1. The Morgan fingerprint density at radius 1 is 1.29 bits per heavy atom. The number of benzene rings is 2. The summed E-state index contributed by atoms with van der Waals surface area (Å²) in [6.45, 7) is 0. The van der Waals surface area contributed by atoms with Crippen molar-refractivity contribution in [3.63, 3.8) is 0 Å². The second-order valence-corrected chi connectivity index (χ2v) is 5.13. The highest BCUT2D eigenvalue weighted by Crippen LogP contribution is 2.39. The van der Waals surface area contributed by atoms with Crippen LogP contribution >= 0.6 is 15.9 Å². The molecule has 3 aromatic rings. The molecule has 1 aromatic heterocycles. The summed E-state index contributed by atoms with van der Waals surface area (Å²) in [4.78, 5) is 0. The van der Waals surface area contributed by atoms with E-state index in [0.29, 0.717) is 11.0 Å². The number of nitrogens with zero attached hydrogens (tertiary/aromatic N) is 1. The molecule has 0 bridgehead atoms. The average molecular weight is 347 g/mol. The van der Waals surface area contributed by atoms with Gasteiger partial charge >= 0.3 is 0 Å². The van der Waals surface area contributed by atoms with Crippen molar-refractivity contribution in [2.75, 3.05) is 5.73 Å². The molecule has 0 aliphatic carbocycles. The number of halogens is 2. The first-order chi connectivity index (χ1) is 10.1. The molecule has 0 aliphatic heterocycles. The molecule has 0 fully saturated rings. The molecule has 104 valence electrons. The zero-order valence-corrected chi connectivity index (χ0v) is 12.1. The second-order valence-electron chi connectivity index (χ2n) is 4.27. The highest BCUT2D eigenvalue weighted by Gasteiger charge is 2.17. The first-order valence-corrected chi connectivity index (χ1v) is 6.73. The van der Waals surface area contributed by atoms with Crippen LogP contribution in [-0.2, 0) is 0 Å². The summed E-state index contributed by atoms with van der Waals surface area (Å²) >= 11 is 3.07. The van der Waals surface area contributed by atoms with E-state index in [0.717, 1.165) is 6.07 Å². The number of ether oxygens (including phenoxy) is 1. The topological polar surface area (TPSA) is 72.2 Å². The molecule has 4 nitrogen and oxygen atoms in total. The predicted octanol–water partition coefficient (Wildman–Crippen LogP) is 4.58. The normalized spacial score (nSPS) is 10.5. The van der Waals surface area contributed by atoms with Crippen molar-refractivity contribution in [2.24, 2.45) is 0 Å². The van der Waals surface area contributed by atoms with Gasteiger partial charge in [0.2, 0.25) is 5.76 Å². The van der Waals surface area contributed by atoms with E-state index in [2.05, 4.69) is 15.9 Å². The fourth-order valence-electron chi connectivity index (χ4n) is 1.94. The fourth-order valence-corrected chi connectivity index (χ4v) is 2.26. The first kappa shape index (κ1) is 13.5. The molecule has 0 unspecified atom stereocenters. The maximum Gasteiger partial charge on any atom is 0.247 e. The zero-order chi connectivity index (χ0) is 15.0. The van der Waals surface area contributed by atoms with E-state index in [1.807, 2.05) is 6.07 Å². The molecule has 3 rings (SSSR count). The lowest BCUT2D eigenvalue weighted by atomic mass is 10.2. The Bertz CT molecular complexity index is 883. The van der Waals surface area contributed by atoms with Crippen LogP contribution in [0.5, 0.6) is 11.5 Å². The van der Waals surface area contributed by atoms with Crippen LogP contribution in [0.2, 0.25) is 0 Å². The van der Waals surface area contributed by atoms with E-state index in [-0.39, 0.29) is 27.4 Å². The summed E-state index contributed by atoms with van der Waals surface area (Å²) < 4.78 is 24.7.